The zero-order valence-corrected chi connectivity index (χ0v) is 13.4. The molecule has 0 aliphatic heterocycles. The number of nitrogens with zero attached hydrogens (tertiary/aromatic N) is 4. The molecule has 1 rings (SSSR count). The van der Waals surface area contributed by atoms with Gasteiger partial charge in [0.1, 0.15) is 5.69 Å². The van der Waals surface area contributed by atoms with E-state index in [4.69, 9.17) is 5.26 Å². The van der Waals surface area contributed by atoms with Gasteiger partial charge in [0, 0.05) is 17.5 Å². The van der Waals surface area contributed by atoms with Gasteiger partial charge in [0.05, 0.1) is 23.7 Å². The Kier molecular flexibility index (Phi) is 5.98. The van der Waals surface area contributed by atoms with Gasteiger partial charge in [-0.05, 0) is 31.8 Å². The number of aliphatic imine (C=N–C) groups is 1. The van der Waals surface area contributed by atoms with Gasteiger partial charge in [-0.2, -0.15) is 5.26 Å². The third kappa shape index (κ3) is 4.35. The van der Waals surface area contributed by atoms with Crippen LogP contribution >= 0.6 is 0 Å². The maximum absolute atomic E-state index is 9.00. The van der Waals surface area contributed by atoms with Gasteiger partial charge in [0.15, 0.2) is 0 Å². The maximum atomic E-state index is 9.00. The van der Waals surface area contributed by atoms with Crippen LogP contribution in [0.5, 0.6) is 0 Å². The minimum atomic E-state index is 0.201. The SMILES string of the molecule is C=C(C#N)/C(C)=C(/N=C(\C)c1cncc(CC)n1)C(C)C. The van der Waals surface area contributed by atoms with Crippen LogP contribution in [0.25, 0.3) is 0 Å². The van der Waals surface area contributed by atoms with Gasteiger partial charge in [-0.15, -0.1) is 0 Å². The van der Waals surface area contributed by atoms with Gasteiger partial charge in [0.2, 0.25) is 0 Å². The Morgan fingerprint density at radius 3 is 2.57 bits per heavy atom. The van der Waals surface area contributed by atoms with Crippen molar-refractivity contribution in [2.24, 2.45) is 10.9 Å². The van der Waals surface area contributed by atoms with Crippen LogP contribution in [0, 0.1) is 17.2 Å². The van der Waals surface area contributed by atoms with E-state index in [1.54, 1.807) is 12.4 Å². The third-order valence-electron chi connectivity index (χ3n) is 3.22. The van der Waals surface area contributed by atoms with Crippen LogP contribution in [0.15, 0.2) is 40.8 Å². The Hall–Kier alpha value is -2.28. The van der Waals surface area contributed by atoms with E-state index in [0.29, 0.717) is 5.57 Å². The average Bonchev–Trinajstić information content (AvgIpc) is 2.50. The molecule has 1 aromatic heterocycles. The van der Waals surface area contributed by atoms with Gasteiger partial charge >= 0.3 is 0 Å². The molecule has 0 saturated heterocycles. The molecule has 0 aliphatic carbocycles. The quantitative estimate of drug-likeness (QED) is 0.468. The van der Waals surface area contributed by atoms with E-state index < -0.39 is 0 Å². The Balaban J connectivity index is 3.29. The molecule has 0 unspecified atom stereocenters. The van der Waals surface area contributed by atoms with Gasteiger partial charge in [-0.3, -0.25) is 9.98 Å². The molecular formula is C17H22N4. The Bertz CT molecular complexity index is 630. The normalized spacial score (nSPS) is 12.9. The number of hydrogen-bond acceptors (Lipinski definition) is 4. The summed E-state index contributed by atoms with van der Waals surface area (Å²) in [5, 5.41) is 9.00. The fourth-order valence-corrected chi connectivity index (χ4v) is 1.87. The monoisotopic (exact) mass is 282 g/mol. The van der Waals surface area contributed by atoms with Crippen molar-refractivity contribution < 1.29 is 0 Å². The highest BCUT2D eigenvalue weighted by Gasteiger charge is 2.11. The van der Waals surface area contributed by atoms with Gasteiger partial charge in [-0.1, -0.05) is 27.4 Å². The fraction of sp³-hybridized carbons (Fsp3) is 0.412. The highest BCUT2D eigenvalue weighted by molar-refractivity contribution is 5.97. The lowest BCUT2D eigenvalue weighted by atomic mass is 10.0. The summed E-state index contributed by atoms with van der Waals surface area (Å²) in [6.45, 7) is 13.7. The van der Waals surface area contributed by atoms with Crippen LogP contribution in [0.2, 0.25) is 0 Å². The summed E-state index contributed by atoms with van der Waals surface area (Å²) in [6, 6.07) is 2.08. The van der Waals surface area contributed by atoms with Gasteiger partial charge < -0.3 is 0 Å². The predicted molar refractivity (Wildman–Crippen MR) is 85.9 cm³/mol. The molecule has 0 amide bonds. The molecule has 0 radical (unpaired) electrons. The summed E-state index contributed by atoms with van der Waals surface area (Å²) < 4.78 is 0. The maximum Gasteiger partial charge on any atom is 0.103 e. The number of hydrogen-bond donors (Lipinski definition) is 0. The summed E-state index contributed by atoms with van der Waals surface area (Å²) in [6.07, 6.45) is 4.31. The fourth-order valence-electron chi connectivity index (χ4n) is 1.87. The zero-order chi connectivity index (χ0) is 16.0. The van der Waals surface area contributed by atoms with Crippen molar-refractivity contribution in [2.45, 2.75) is 41.0 Å². The topological polar surface area (TPSA) is 61.9 Å². The van der Waals surface area contributed by atoms with Crippen molar-refractivity contribution in [1.82, 2.24) is 9.97 Å². The first kappa shape index (κ1) is 16.8. The second-order valence-corrected chi connectivity index (χ2v) is 5.20. The number of aryl methyl sites for hydroxylation is 1. The third-order valence-corrected chi connectivity index (χ3v) is 3.22. The van der Waals surface area contributed by atoms with Crippen molar-refractivity contribution in [3.05, 3.63) is 47.2 Å². The number of nitriles is 1. The minimum absolute atomic E-state index is 0.201. The average molecular weight is 282 g/mol. The van der Waals surface area contributed by atoms with E-state index >= 15 is 0 Å². The highest BCUT2D eigenvalue weighted by atomic mass is 14.8. The first-order chi connectivity index (χ1) is 9.90. The summed E-state index contributed by atoms with van der Waals surface area (Å²) in [7, 11) is 0. The summed E-state index contributed by atoms with van der Waals surface area (Å²) in [4.78, 5) is 13.4. The Morgan fingerprint density at radius 1 is 1.38 bits per heavy atom. The molecule has 0 saturated carbocycles. The number of allylic oxidation sites excluding steroid dienone is 3. The Morgan fingerprint density at radius 2 is 2.05 bits per heavy atom. The van der Waals surface area contributed by atoms with Crippen LogP contribution in [-0.2, 0) is 6.42 Å². The molecule has 0 N–H and O–H groups in total. The lowest BCUT2D eigenvalue weighted by Crippen LogP contribution is -2.06. The molecule has 0 bridgehead atoms. The van der Waals surface area contributed by atoms with Crippen molar-refractivity contribution in [1.29, 1.82) is 5.26 Å². The molecule has 4 nitrogen and oxygen atoms in total. The smallest absolute Gasteiger partial charge is 0.103 e. The van der Waals surface area contributed by atoms with E-state index in [-0.39, 0.29) is 5.92 Å². The molecule has 4 heteroatoms. The summed E-state index contributed by atoms with van der Waals surface area (Å²) >= 11 is 0. The number of aromatic nitrogens is 2. The van der Waals surface area contributed by atoms with Crippen LogP contribution in [0.4, 0.5) is 0 Å². The molecule has 0 aliphatic rings. The van der Waals surface area contributed by atoms with E-state index in [1.165, 1.54) is 0 Å². The Labute approximate surface area is 127 Å². The van der Waals surface area contributed by atoms with E-state index in [2.05, 4.69) is 41.5 Å². The molecular weight excluding hydrogens is 260 g/mol. The molecule has 0 aromatic carbocycles. The van der Waals surface area contributed by atoms with E-state index in [0.717, 1.165) is 34.8 Å². The molecule has 110 valence electrons. The molecule has 1 aromatic rings. The van der Waals surface area contributed by atoms with Crippen molar-refractivity contribution in [3.63, 3.8) is 0 Å². The first-order valence-corrected chi connectivity index (χ1v) is 7.07. The van der Waals surface area contributed by atoms with Gasteiger partial charge in [-0.25, -0.2) is 4.98 Å². The van der Waals surface area contributed by atoms with Crippen molar-refractivity contribution in [2.75, 3.05) is 0 Å². The highest BCUT2D eigenvalue weighted by Crippen LogP contribution is 2.21. The standard InChI is InChI=1S/C17H22N4/c1-7-15-9-19-10-16(21-15)14(6)20-17(11(2)3)13(5)12(4)8-18/h9-11H,4,7H2,1-3,5-6H3/b17-13+,20-14+. The molecule has 21 heavy (non-hydrogen) atoms. The van der Waals surface area contributed by atoms with Crippen LogP contribution in [-0.4, -0.2) is 15.7 Å². The predicted octanol–water partition coefficient (Wildman–Crippen LogP) is 3.86. The molecule has 0 spiro atoms. The van der Waals surface area contributed by atoms with Crippen molar-refractivity contribution in [3.8, 4) is 6.07 Å². The minimum Gasteiger partial charge on any atom is -0.261 e. The number of rotatable bonds is 5. The first-order valence-electron chi connectivity index (χ1n) is 7.07. The zero-order valence-electron chi connectivity index (χ0n) is 13.4. The second-order valence-electron chi connectivity index (χ2n) is 5.20. The molecule has 1 heterocycles. The molecule has 0 atom stereocenters. The lowest BCUT2D eigenvalue weighted by Gasteiger charge is -2.12. The van der Waals surface area contributed by atoms with Crippen LogP contribution in [0.1, 0.15) is 46.0 Å². The summed E-state index contributed by atoms with van der Waals surface area (Å²) in [5.74, 6) is 0.201. The second kappa shape index (κ2) is 7.49. The van der Waals surface area contributed by atoms with Crippen LogP contribution < -0.4 is 0 Å². The van der Waals surface area contributed by atoms with E-state index in [9.17, 15) is 0 Å². The van der Waals surface area contributed by atoms with Crippen molar-refractivity contribution >= 4 is 5.71 Å². The summed E-state index contributed by atoms with van der Waals surface area (Å²) in [5.41, 5.74) is 4.64. The van der Waals surface area contributed by atoms with Crippen LogP contribution in [0.3, 0.4) is 0 Å². The lowest BCUT2D eigenvalue weighted by molar-refractivity contribution is 0.747. The largest absolute Gasteiger partial charge is 0.261 e. The van der Waals surface area contributed by atoms with E-state index in [1.807, 2.05) is 20.8 Å². The molecule has 0 fully saturated rings. The van der Waals surface area contributed by atoms with Gasteiger partial charge in [0.25, 0.3) is 0 Å².